The van der Waals surface area contributed by atoms with Crippen LogP contribution in [0.3, 0.4) is 0 Å². The molecule has 140 valence electrons. The van der Waals surface area contributed by atoms with Crippen molar-refractivity contribution in [1.29, 1.82) is 0 Å². The van der Waals surface area contributed by atoms with Gasteiger partial charge in [-0.2, -0.15) is 0 Å². The van der Waals surface area contributed by atoms with E-state index >= 15 is 0 Å². The van der Waals surface area contributed by atoms with Crippen LogP contribution in [0.4, 0.5) is 0 Å². The third-order valence-electron chi connectivity index (χ3n) is 5.59. The van der Waals surface area contributed by atoms with Crippen LogP contribution in [0, 0.1) is 5.92 Å². The van der Waals surface area contributed by atoms with Crippen LogP contribution in [0.2, 0.25) is 0 Å². The van der Waals surface area contributed by atoms with Crippen LogP contribution in [-0.2, 0) is 14.3 Å². The minimum atomic E-state index is -0.238. The molecule has 0 saturated carbocycles. The molecule has 1 aliphatic carbocycles. The summed E-state index contributed by atoms with van der Waals surface area (Å²) in [4.78, 5) is 11.7. The Morgan fingerprint density at radius 2 is 1.84 bits per heavy atom. The van der Waals surface area contributed by atoms with Gasteiger partial charge in [-0.05, 0) is 66.2 Å². The molecule has 0 spiro atoms. The molecule has 25 heavy (non-hydrogen) atoms. The third-order valence-corrected chi connectivity index (χ3v) is 5.59. The lowest BCUT2D eigenvalue weighted by Crippen LogP contribution is -2.35. The van der Waals surface area contributed by atoms with Crippen molar-refractivity contribution in [2.75, 3.05) is 0 Å². The van der Waals surface area contributed by atoms with E-state index in [0.717, 1.165) is 44.1 Å². The fourth-order valence-electron chi connectivity index (χ4n) is 3.85. The molecule has 0 aromatic rings. The van der Waals surface area contributed by atoms with Gasteiger partial charge in [-0.25, -0.2) is 0 Å². The maximum absolute atomic E-state index is 11.7. The summed E-state index contributed by atoms with van der Waals surface area (Å²) in [6, 6.07) is 0. The summed E-state index contributed by atoms with van der Waals surface area (Å²) < 4.78 is 11.8. The Balaban J connectivity index is 2.25. The summed E-state index contributed by atoms with van der Waals surface area (Å²) in [5.41, 5.74) is 3.72. The Kier molecular flexibility index (Phi) is 6.67. The summed E-state index contributed by atoms with van der Waals surface area (Å²) >= 11 is 0. The van der Waals surface area contributed by atoms with Crippen molar-refractivity contribution in [2.45, 2.75) is 91.0 Å². The van der Waals surface area contributed by atoms with Crippen LogP contribution in [0.15, 0.2) is 35.5 Å². The van der Waals surface area contributed by atoms with E-state index < -0.39 is 0 Å². The number of hydrogen-bond acceptors (Lipinski definition) is 3. The monoisotopic (exact) mass is 346 g/mol. The first-order valence-corrected chi connectivity index (χ1v) is 9.54. The quantitative estimate of drug-likeness (QED) is 0.376. The molecule has 0 bridgehead atoms. The molecule has 3 nitrogen and oxygen atoms in total. The average Bonchev–Trinajstić information content (AvgIpc) is 3.16. The van der Waals surface area contributed by atoms with Crippen molar-refractivity contribution >= 4 is 5.97 Å². The highest BCUT2D eigenvalue weighted by molar-refractivity contribution is 5.66. The minimum Gasteiger partial charge on any atom is -0.459 e. The SMILES string of the molecule is C=C(C)C1CC/C(C)=C/CC/C(C)=C/CC[C@@]2(C)O[C@@H]2[C@@H]1OC(C)=O. The molecule has 1 saturated heterocycles. The Bertz CT molecular complexity index is 572. The normalized spacial score (nSPS) is 38.2. The predicted molar refractivity (Wildman–Crippen MR) is 102 cm³/mol. The van der Waals surface area contributed by atoms with Crippen LogP contribution in [0.1, 0.15) is 73.1 Å². The molecule has 1 fully saturated rings. The first-order valence-electron chi connectivity index (χ1n) is 9.54. The zero-order valence-electron chi connectivity index (χ0n) is 16.6. The number of ether oxygens (including phenoxy) is 2. The number of rotatable bonds is 2. The van der Waals surface area contributed by atoms with E-state index in [0.29, 0.717) is 0 Å². The standard InChI is InChI=1S/C22H34O3/c1-15(2)19-13-12-17(4)10-7-9-16(3)11-8-14-22(6)21(25-22)20(19)24-18(5)23/h10-11,19-21H,1,7-9,12-14H2,2-6H3/b16-11+,17-10+/t19?,20-,21-,22-/m1/s1. The molecule has 0 aromatic heterocycles. The van der Waals surface area contributed by atoms with E-state index in [1.807, 2.05) is 6.92 Å². The molecule has 1 heterocycles. The highest BCUT2D eigenvalue weighted by atomic mass is 16.6. The molecule has 3 heteroatoms. The largest absolute Gasteiger partial charge is 0.459 e. The highest BCUT2D eigenvalue weighted by Gasteiger charge is 2.58. The topological polar surface area (TPSA) is 38.8 Å². The minimum absolute atomic E-state index is 0.0287. The lowest BCUT2D eigenvalue weighted by atomic mass is 9.83. The number of epoxide rings is 1. The second-order valence-corrected chi connectivity index (χ2v) is 8.09. The van der Waals surface area contributed by atoms with Crippen LogP contribution in [0.25, 0.3) is 0 Å². The molecular formula is C22H34O3. The highest BCUT2D eigenvalue weighted by Crippen LogP contribution is 2.47. The number of hydrogen-bond donors (Lipinski definition) is 0. The van der Waals surface area contributed by atoms with Gasteiger partial charge in [0.25, 0.3) is 0 Å². The summed E-state index contributed by atoms with van der Waals surface area (Å²) in [5.74, 6) is -0.0995. The number of carbonyl (C=O) groups is 1. The van der Waals surface area contributed by atoms with Gasteiger partial charge in [-0.3, -0.25) is 4.79 Å². The molecule has 1 aliphatic heterocycles. The lowest BCUT2D eigenvalue weighted by molar-refractivity contribution is -0.149. The van der Waals surface area contributed by atoms with Crippen molar-refractivity contribution < 1.29 is 14.3 Å². The number of allylic oxidation sites excluding steroid dienone is 4. The molecule has 2 aliphatic rings. The van der Waals surface area contributed by atoms with Crippen LogP contribution >= 0.6 is 0 Å². The smallest absolute Gasteiger partial charge is 0.303 e. The maximum atomic E-state index is 11.7. The van der Waals surface area contributed by atoms with Crippen molar-refractivity contribution in [3.8, 4) is 0 Å². The van der Waals surface area contributed by atoms with E-state index in [-0.39, 0.29) is 29.7 Å². The third kappa shape index (κ3) is 5.57. The first kappa shape index (κ1) is 20.0. The number of carbonyl (C=O) groups excluding carboxylic acids is 1. The van der Waals surface area contributed by atoms with Crippen LogP contribution < -0.4 is 0 Å². The number of fused-ring (bicyclic) bond motifs is 1. The van der Waals surface area contributed by atoms with Gasteiger partial charge in [0.1, 0.15) is 12.2 Å². The van der Waals surface area contributed by atoms with Crippen molar-refractivity contribution in [1.82, 2.24) is 0 Å². The summed E-state index contributed by atoms with van der Waals surface area (Å²) in [6.07, 6.45) is 10.5. The van der Waals surface area contributed by atoms with Crippen LogP contribution in [0.5, 0.6) is 0 Å². The summed E-state index contributed by atoms with van der Waals surface area (Å²) in [7, 11) is 0. The lowest BCUT2D eigenvalue weighted by Gasteiger charge is -2.27. The van der Waals surface area contributed by atoms with E-state index in [2.05, 4.69) is 39.5 Å². The van der Waals surface area contributed by atoms with Gasteiger partial charge in [0.05, 0.1) is 5.60 Å². The second kappa shape index (κ2) is 8.35. The van der Waals surface area contributed by atoms with Crippen molar-refractivity contribution in [2.24, 2.45) is 5.92 Å². The maximum Gasteiger partial charge on any atom is 0.303 e. The van der Waals surface area contributed by atoms with Gasteiger partial charge < -0.3 is 9.47 Å². The average molecular weight is 347 g/mol. The van der Waals surface area contributed by atoms with Gasteiger partial charge in [-0.1, -0.05) is 35.5 Å². The van der Waals surface area contributed by atoms with E-state index in [4.69, 9.17) is 9.47 Å². The van der Waals surface area contributed by atoms with E-state index in [1.165, 1.54) is 18.1 Å². The molecule has 0 amide bonds. The zero-order valence-corrected chi connectivity index (χ0v) is 16.6. The molecule has 0 N–H and O–H groups in total. The van der Waals surface area contributed by atoms with Gasteiger partial charge >= 0.3 is 5.97 Å². The Hall–Kier alpha value is -1.35. The Morgan fingerprint density at radius 3 is 2.48 bits per heavy atom. The molecule has 2 rings (SSSR count). The van der Waals surface area contributed by atoms with Crippen molar-refractivity contribution in [3.05, 3.63) is 35.5 Å². The zero-order chi connectivity index (χ0) is 18.6. The van der Waals surface area contributed by atoms with Gasteiger partial charge in [0.2, 0.25) is 0 Å². The Morgan fingerprint density at radius 1 is 1.20 bits per heavy atom. The molecule has 4 atom stereocenters. The Labute approximate surface area is 153 Å². The fourth-order valence-corrected chi connectivity index (χ4v) is 3.85. The van der Waals surface area contributed by atoms with Crippen LogP contribution in [-0.4, -0.2) is 23.8 Å². The summed E-state index contributed by atoms with van der Waals surface area (Å²) in [6.45, 7) is 14.2. The second-order valence-electron chi connectivity index (χ2n) is 8.09. The molecular weight excluding hydrogens is 312 g/mol. The van der Waals surface area contributed by atoms with Gasteiger partial charge in [0.15, 0.2) is 0 Å². The van der Waals surface area contributed by atoms with E-state index in [1.54, 1.807) is 0 Å². The fraction of sp³-hybridized carbons (Fsp3) is 0.682. The number of esters is 1. The van der Waals surface area contributed by atoms with Gasteiger partial charge in [-0.15, -0.1) is 0 Å². The predicted octanol–water partition coefficient (Wildman–Crippen LogP) is 5.51. The first-order chi connectivity index (χ1) is 11.7. The molecule has 0 radical (unpaired) electrons. The molecule has 1 unspecified atom stereocenters. The van der Waals surface area contributed by atoms with Crippen molar-refractivity contribution in [3.63, 3.8) is 0 Å². The summed E-state index contributed by atoms with van der Waals surface area (Å²) in [5, 5.41) is 0. The molecule has 0 aromatic carbocycles. The van der Waals surface area contributed by atoms with Gasteiger partial charge in [0, 0.05) is 12.8 Å². The van der Waals surface area contributed by atoms with E-state index in [9.17, 15) is 4.79 Å².